The molecule has 1 rings (SSSR count). The molecule has 0 saturated heterocycles. The Morgan fingerprint density at radius 1 is 1.62 bits per heavy atom. The van der Waals surface area contributed by atoms with E-state index in [-0.39, 0.29) is 5.56 Å². The lowest BCUT2D eigenvalue weighted by atomic mass is 10.1. The Morgan fingerprint density at radius 2 is 2.38 bits per heavy atom. The number of hydrogen-bond donors (Lipinski definition) is 1. The molecule has 0 aliphatic heterocycles. The molecule has 0 aromatic carbocycles. The molecule has 5 nitrogen and oxygen atoms in total. The van der Waals surface area contributed by atoms with Crippen LogP contribution in [0.1, 0.15) is 10.4 Å². The van der Waals surface area contributed by atoms with Crippen molar-refractivity contribution in [2.45, 2.75) is 0 Å². The third-order valence-corrected chi connectivity index (χ3v) is 1.38. The molecule has 1 heterocycles. The van der Waals surface area contributed by atoms with E-state index in [4.69, 9.17) is 5.11 Å². The van der Waals surface area contributed by atoms with Gasteiger partial charge in [0, 0.05) is 18.0 Å². The van der Waals surface area contributed by atoms with E-state index < -0.39 is 11.5 Å². The lowest BCUT2D eigenvalue weighted by Crippen LogP contribution is -2.01. The minimum atomic E-state index is -0.648. The van der Waals surface area contributed by atoms with Crippen LogP contribution in [0.5, 0.6) is 0 Å². The number of allylic oxidation sites excluding steroid dienone is 1. The minimum Gasteiger partial charge on any atom is -0.513 e. The number of ketones is 1. The average molecular weight is 178 g/mol. The summed E-state index contributed by atoms with van der Waals surface area (Å²) in [7, 11) is 0. The Labute approximate surface area is 73.7 Å². The van der Waals surface area contributed by atoms with Crippen LogP contribution in [0.25, 0.3) is 0 Å². The molecule has 1 aromatic rings. The van der Waals surface area contributed by atoms with Crippen molar-refractivity contribution in [3.8, 4) is 0 Å². The molecule has 0 aliphatic rings. The van der Waals surface area contributed by atoms with Crippen molar-refractivity contribution in [1.82, 2.24) is 4.98 Å². The van der Waals surface area contributed by atoms with Gasteiger partial charge in [-0.25, -0.2) is 0 Å². The van der Waals surface area contributed by atoms with Gasteiger partial charge in [0.15, 0.2) is 5.70 Å². The predicted molar refractivity (Wildman–Crippen MR) is 45.1 cm³/mol. The minimum absolute atomic E-state index is 0.211. The normalized spacial score (nSPS) is 10.9. The van der Waals surface area contributed by atoms with Crippen molar-refractivity contribution >= 4 is 5.78 Å². The van der Waals surface area contributed by atoms with Gasteiger partial charge in [-0.2, -0.15) is 0 Å². The number of aliphatic hydroxyl groups is 1. The van der Waals surface area contributed by atoms with Gasteiger partial charge in [-0.3, -0.25) is 9.78 Å². The molecule has 5 heteroatoms. The Hall–Kier alpha value is -2.04. The molecule has 1 aromatic heterocycles. The lowest BCUT2D eigenvalue weighted by molar-refractivity contribution is 0.103. The number of carbonyl (C=O) groups excluding carboxylic acids is 1. The highest BCUT2D eigenvalue weighted by molar-refractivity contribution is 6.07. The van der Waals surface area contributed by atoms with E-state index in [0.717, 1.165) is 0 Å². The SMILES string of the molecule is O=N/C(=C/O)C(=O)c1cccnc1. The lowest BCUT2D eigenvalue weighted by Gasteiger charge is -1.95. The molecule has 0 amide bonds. The number of nitrogens with zero attached hydrogens (tertiary/aromatic N) is 2. The Morgan fingerprint density at radius 3 is 2.85 bits per heavy atom. The van der Waals surface area contributed by atoms with Crippen LogP contribution in [0.15, 0.2) is 41.7 Å². The molecule has 0 spiro atoms. The number of rotatable bonds is 3. The van der Waals surface area contributed by atoms with Crippen LogP contribution >= 0.6 is 0 Å². The molecule has 0 unspecified atom stereocenters. The maximum absolute atomic E-state index is 11.2. The number of pyridine rings is 1. The van der Waals surface area contributed by atoms with Crippen LogP contribution in [0, 0.1) is 4.91 Å². The quantitative estimate of drug-likeness (QED) is 0.328. The highest BCUT2D eigenvalue weighted by Crippen LogP contribution is 2.06. The van der Waals surface area contributed by atoms with Crippen molar-refractivity contribution in [1.29, 1.82) is 0 Å². The van der Waals surface area contributed by atoms with E-state index in [0.29, 0.717) is 6.26 Å². The van der Waals surface area contributed by atoms with Gasteiger partial charge < -0.3 is 5.11 Å². The third-order valence-electron chi connectivity index (χ3n) is 1.38. The van der Waals surface area contributed by atoms with Gasteiger partial charge in [0.25, 0.3) is 0 Å². The van der Waals surface area contributed by atoms with Gasteiger partial charge in [0.2, 0.25) is 5.78 Å². The maximum Gasteiger partial charge on any atom is 0.219 e. The van der Waals surface area contributed by atoms with Crippen molar-refractivity contribution < 1.29 is 9.90 Å². The van der Waals surface area contributed by atoms with E-state index in [2.05, 4.69) is 10.2 Å². The topological polar surface area (TPSA) is 79.6 Å². The van der Waals surface area contributed by atoms with E-state index in [1.807, 2.05) is 0 Å². The van der Waals surface area contributed by atoms with Gasteiger partial charge in [-0.15, -0.1) is 4.91 Å². The first-order valence-corrected chi connectivity index (χ1v) is 3.42. The van der Waals surface area contributed by atoms with Crippen molar-refractivity contribution in [3.05, 3.63) is 47.0 Å². The average Bonchev–Trinajstić information content (AvgIpc) is 2.21. The summed E-state index contributed by atoms with van der Waals surface area (Å²) in [6.07, 6.45) is 3.16. The van der Waals surface area contributed by atoms with Crippen molar-refractivity contribution in [3.63, 3.8) is 0 Å². The fraction of sp³-hybridized carbons (Fsp3) is 0. The summed E-state index contributed by atoms with van der Waals surface area (Å²) in [5, 5.41) is 10.8. The van der Waals surface area contributed by atoms with E-state index in [1.54, 1.807) is 6.07 Å². The van der Waals surface area contributed by atoms with Crippen molar-refractivity contribution in [2.75, 3.05) is 0 Å². The highest BCUT2D eigenvalue weighted by Gasteiger charge is 2.12. The number of Topliss-reactive ketones (excluding diaryl/α,β-unsaturated/α-hetero) is 1. The van der Waals surface area contributed by atoms with Crippen LogP contribution in [-0.2, 0) is 0 Å². The first-order valence-electron chi connectivity index (χ1n) is 3.42. The summed E-state index contributed by atoms with van der Waals surface area (Å²) in [6, 6.07) is 3.02. The zero-order valence-electron chi connectivity index (χ0n) is 6.54. The van der Waals surface area contributed by atoms with Gasteiger partial charge in [-0.05, 0) is 17.3 Å². The van der Waals surface area contributed by atoms with Gasteiger partial charge >= 0.3 is 0 Å². The molecular weight excluding hydrogens is 172 g/mol. The second-order valence-electron chi connectivity index (χ2n) is 2.18. The van der Waals surface area contributed by atoms with Gasteiger partial charge in [0.1, 0.15) is 6.26 Å². The van der Waals surface area contributed by atoms with Crippen LogP contribution in [-0.4, -0.2) is 15.9 Å². The number of aliphatic hydroxyl groups excluding tert-OH is 1. The van der Waals surface area contributed by atoms with Crippen LogP contribution in [0.3, 0.4) is 0 Å². The standard InChI is InChI=1S/C8H6N2O3/c11-5-7(10-13)8(12)6-2-1-3-9-4-6/h1-5,11H/b7-5+. The Balaban J connectivity index is 2.98. The van der Waals surface area contributed by atoms with E-state index in [1.165, 1.54) is 18.5 Å². The molecule has 0 saturated carbocycles. The molecule has 1 N–H and O–H groups in total. The van der Waals surface area contributed by atoms with Crippen LogP contribution in [0.2, 0.25) is 0 Å². The molecule has 66 valence electrons. The molecule has 0 radical (unpaired) electrons. The van der Waals surface area contributed by atoms with Crippen LogP contribution < -0.4 is 0 Å². The Bertz CT molecular complexity index is 346. The maximum atomic E-state index is 11.2. The summed E-state index contributed by atoms with van der Waals surface area (Å²) >= 11 is 0. The summed E-state index contributed by atoms with van der Waals surface area (Å²) in [5.74, 6) is -0.648. The Kier molecular flexibility index (Phi) is 2.86. The number of aromatic nitrogens is 1. The second kappa shape index (κ2) is 4.10. The fourth-order valence-corrected chi connectivity index (χ4v) is 0.769. The molecule has 0 atom stereocenters. The fourth-order valence-electron chi connectivity index (χ4n) is 0.769. The zero-order valence-corrected chi connectivity index (χ0v) is 6.54. The smallest absolute Gasteiger partial charge is 0.219 e. The highest BCUT2D eigenvalue weighted by atomic mass is 16.3. The zero-order chi connectivity index (χ0) is 9.68. The predicted octanol–water partition coefficient (Wildman–Crippen LogP) is 1.43. The van der Waals surface area contributed by atoms with Crippen LogP contribution in [0.4, 0.5) is 0 Å². The third kappa shape index (κ3) is 1.96. The second-order valence-corrected chi connectivity index (χ2v) is 2.18. The summed E-state index contributed by atoms with van der Waals surface area (Å²) in [5.41, 5.74) is -0.324. The van der Waals surface area contributed by atoms with Gasteiger partial charge in [0.05, 0.1) is 0 Å². The summed E-state index contributed by atoms with van der Waals surface area (Å²) < 4.78 is 0. The molecule has 13 heavy (non-hydrogen) atoms. The largest absolute Gasteiger partial charge is 0.513 e. The summed E-state index contributed by atoms with van der Waals surface area (Å²) in [4.78, 5) is 25.0. The van der Waals surface area contributed by atoms with Crippen molar-refractivity contribution in [2.24, 2.45) is 5.18 Å². The molecule has 0 aliphatic carbocycles. The first-order chi connectivity index (χ1) is 6.29. The van der Waals surface area contributed by atoms with E-state index in [9.17, 15) is 9.70 Å². The number of hydrogen-bond acceptors (Lipinski definition) is 5. The number of carbonyl (C=O) groups is 1. The summed E-state index contributed by atoms with van der Waals surface area (Å²) in [6.45, 7) is 0. The molecule has 0 bridgehead atoms. The first kappa shape index (κ1) is 9.05. The number of nitroso groups, excluding NO2 is 1. The monoisotopic (exact) mass is 178 g/mol. The molecular formula is C8H6N2O3. The van der Waals surface area contributed by atoms with E-state index >= 15 is 0 Å². The molecule has 0 fully saturated rings. The van der Waals surface area contributed by atoms with Gasteiger partial charge in [-0.1, -0.05) is 0 Å².